The second kappa shape index (κ2) is 7.98. The van der Waals surface area contributed by atoms with Gasteiger partial charge in [-0.1, -0.05) is 35.3 Å². The van der Waals surface area contributed by atoms with Gasteiger partial charge in [-0.2, -0.15) is 5.10 Å². The van der Waals surface area contributed by atoms with E-state index in [0.717, 1.165) is 15.4 Å². The molecule has 2 rings (SSSR count). The van der Waals surface area contributed by atoms with E-state index >= 15 is 0 Å². The number of thiophene rings is 1. The molecule has 0 aliphatic heterocycles. The standard InChI is InChI=1S/C14H13Cl2N3O3S2/c1-24(21,22)19(12-6-2-5-11(15)14(12)16)9-13(20)18-17-8-10-4-3-7-23-10/h2-8H,9H2,1H3,(H,18,20)/b17-8-. The molecule has 0 aliphatic carbocycles. The first-order valence-corrected chi connectivity index (χ1v) is 10.0. The topological polar surface area (TPSA) is 78.8 Å². The van der Waals surface area contributed by atoms with Gasteiger partial charge in [-0.05, 0) is 23.6 Å². The highest BCUT2D eigenvalue weighted by Crippen LogP contribution is 2.33. The smallest absolute Gasteiger partial charge is 0.260 e. The molecule has 1 aromatic carbocycles. The number of carbonyl (C=O) groups excluding carboxylic acids is 1. The van der Waals surface area contributed by atoms with Crippen LogP contribution < -0.4 is 9.73 Å². The average molecular weight is 406 g/mol. The molecule has 2 aromatic rings. The van der Waals surface area contributed by atoms with Gasteiger partial charge < -0.3 is 0 Å². The van der Waals surface area contributed by atoms with Gasteiger partial charge in [0.15, 0.2) is 0 Å². The third-order valence-corrected chi connectivity index (χ3v) is 5.55. The van der Waals surface area contributed by atoms with Crippen LogP contribution in [0.1, 0.15) is 4.88 Å². The lowest BCUT2D eigenvalue weighted by Crippen LogP contribution is -2.39. The Kier molecular flexibility index (Phi) is 6.22. The van der Waals surface area contributed by atoms with Gasteiger partial charge >= 0.3 is 0 Å². The number of amides is 1. The Morgan fingerprint density at radius 2 is 2.08 bits per heavy atom. The van der Waals surface area contributed by atoms with Crippen molar-refractivity contribution >= 4 is 62.4 Å². The molecular weight excluding hydrogens is 393 g/mol. The molecule has 0 spiro atoms. The Bertz CT molecular complexity index is 852. The van der Waals surface area contributed by atoms with Gasteiger partial charge in [0.2, 0.25) is 10.0 Å². The zero-order valence-electron chi connectivity index (χ0n) is 12.4. The molecular formula is C14H13Cl2N3O3S2. The molecule has 1 heterocycles. The largest absolute Gasteiger partial charge is 0.271 e. The number of sulfonamides is 1. The maximum absolute atomic E-state index is 12.0. The molecule has 0 radical (unpaired) electrons. The summed E-state index contributed by atoms with van der Waals surface area (Å²) in [4.78, 5) is 12.8. The molecule has 10 heteroatoms. The van der Waals surface area contributed by atoms with Gasteiger partial charge in [0.05, 0.1) is 28.2 Å². The van der Waals surface area contributed by atoms with E-state index in [-0.39, 0.29) is 15.7 Å². The monoisotopic (exact) mass is 405 g/mol. The van der Waals surface area contributed by atoms with E-state index in [1.165, 1.54) is 29.7 Å². The van der Waals surface area contributed by atoms with Crippen LogP contribution in [0.4, 0.5) is 5.69 Å². The van der Waals surface area contributed by atoms with Gasteiger partial charge in [-0.25, -0.2) is 13.8 Å². The van der Waals surface area contributed by atoms with E-state index in [0.29, 0.717) is 0 Å². The molecule has 0 fully saturated rings. The lowest BCUT2D eigenvalue weighted by Gasteiger charge is -2.22. The molecule has 24 heavy (non-hydrogen) atoms. The molecule has 128 valence electrons. The summed E-state index contributed by atoms with van der Waals surface area (Å²) in [5, 5.41) is 5.91. The minimum absolute atomic E-state index is 0.0551. The Morgan fingerprint density at radius 3 is 2.71 bits per heavy atom. The summed E-state index contributed by atoms with van der Waals surface area (Å²) in [7, 11) is -3.74. The number of nitrogens with one attached hydrogen (secondary N) is 1. The SMILES string of the molecule is CS(=O)(=O)N(CC(=O)N/N=C\c1cccs1)c1cccc(Cl)c1Cl. The Morgan fingerprint density at radius 1 is 1.33 bits per heavy atom. The molecule has 0 saturated heterocycles. The minimum atomic E-state index is -3.74. The molecule has 1 amide bonds. The first-order chi connectivity index (χ1) is 11.3. The van der Waals surface area contributed by atoms with Crippen molar-refractivity contribution in [3.8, 4) is 0 Å². The van der Waals surface area contributed by atoms with Gasteiger partial charge in [-0.3, -0.25) is 9.10 Å². The van der Waals surface area contributed by atoms with Crippen molar-refractivity contribution in [1.82, 2.24) is 5.43 Å². The van der Waals surface area contributed by atoms with E-state index in [1.54, 1.807) is 6.07 Å². The third-order valence-electron chi connectivity index (χ3n) is 2.81. The van der Waals surface area contributed by atoms with Crippen LogP contribution in [-0.4, -0.2) is 33.3 Å². The van der Waals surface area contributed by atoms with Crippen LogP contribution in [0.3, 0.4) is 0 Å². The van der Waals surface area contributed by atoms with Gasteiger partial charge in [0, 0.05) is 4.88 Å². The highest BCUT2D eigenvalue weighted by molar-refractivity contribution is 7.92. The van der Waals surface area contributed by atoms with Crippen LogP contribution in [0.15, 0.2) is 40.8 Å². The number of benzene rings is 1. The summed E-state index contributed by atoms with van der Waals surface area (Å²) in [6, 6.07) is 8.22. The van der Waals surface area contributed by atoms with Crippen molar-refractivity contribution in [2.24, 2.45) is 5.10 Å². The number of rotatable bonds is 6. The highest BCUT2D eigenvalue weighted by atomic mass is 35.5. The zero-order chi connectivity index (χ0) is 17.7. The Labute approximate surface area is 153 Å². The van der Waals surface area contributed by atoms with Gasteiger partial charge in [0.25, 0.3) is 5.91 Å². The second-order valence-electron chi connectivity index (χ2n) is 4.65. The zero-order valence-corrected chi connectivity index (χ0v) is 15.6. The summed E-state index contributed by atoms with van der Waals surface area (Å²) in [5.41, 5.74) is 2.41. The van der Waals surface area contributed by atoms with Crippen LogP contribution in [0, 0.1) is 0 Å². The summed E-state index contributed by atoms with van der Waals surface area (Å²) in [5.74, 6) is -0.607. The number of hydrazone groups is 1. The molecule has 0 atom stereocenters. The Hall–Kier alpha value is -1.61. The maximum Gasteiger partial charge on any atom is 0.260 e. The van der Waals surface area contributed by atoms with E-state index in [2.05, 4.69) is 10.5 Å². The second-order valence-corrected chi connectivity index (χ2v) is 8.32. The number of hydrogen-bond donors (Lipinski definition) is 1. The Balaban J connectivity index is 2.15. The first-order valence-electron chi connectivity index (χ1n) is 6.56. The van der Waals surface area contributed by atoms with Gasteiger partial charge in [-0.15, -0.1) is 11.3 Å². The molecule has 1 aromatic heterocycles. The van der Waals surface area contributed by atoms with Crippen LogP contribution in [0.25, 0.3) is 0 Å². The fourth-order valence-electron chi connectivity index (χ4n) is 1.76. The van der Waals surface area contributed by atoms with Crippen LogP contribution in [-0.2, 0) is 14.8 Å². The van der Waals surface area contributed by atoms with Crippen molar-refractivity contribution in [3.05, 3.63) is 50.6 Å². The molecule has 0 unspecified atom stereocenters. The van der Waals surface area contributed by atoms with Crippen molar-refractivity contribution in [1.29, 1.82) is 0 Å². The molecule has 0 aliphatic rings. The number of halogens is 2. The maximum atomic E-state index is 12.0. The average Bonchev–Trinajstić information content (AvgIpc) is 3.00. The minimum Gasteiger partial charge on any atom is -0.271 e. The fourth-order valence-corrected chi connectivity index (χ4v) is 3.66. The molecule has 0 bridgehead atoms. The number of carbonyl (C=O) groups is 1. The van der Waals surface area contributed by atoms with E-state index in [9.17, 15) is 13.2 Å². The van der Waals surface area contributed by atoms with E-state index in [4.69, 9.17) is 23.2 Å². The first kappa shape index (κ1) is 18.7. The summed E-state index contributed by atoms with van der Waals surface area (Å²) in [6.07, 6.45) is 2.45. The third kappa shape index (κ3) is 4.94. The van der Waals surface area contributed by atoms with Crippen molar-refractivity contribution < 1.29 is 13.2 Å². The predicted octanol–water partition coefficient (Wildman–Crippen LogP) is 2.97. The number of hydrogen-bond acceptors (Lipinski definition) is 5. The molecule has 1 N–H and O–H groups in total. The summed E-state index contributed by atoms with van der Waals surface area (Å²) >= 11 is 13.4. The normalized spacial score (nSPS) is 11.6. The quantitative estimate of drug-likeness (QED) is 0.592. The van der Waals surface area contributed by atoms with Gasteiger partial charge in [0.1, 0.15) is 6.54 Å². The molecule has 6 nitrogen and oxygen atoms in total. The van der Waals surface area contributed by atoms with E-state index < -0.39 is 22.5 Å². The lowest BCUT2D eigenvalue weighted by atomic mass is 10.3. The summed E-state index contributed by atoms with van der Waals surface area (Å²) in [6.45, 7) is -0.472. The van der Waals surface area contributed by atoms with Crippen molar-refractivity contribution in [2.45, 2.75) is 0 Å². The number of anilines is 1. The highest BCUT2D eigenvalue weighted by Gasteiger charge is 2.23. The lowest BCUT2D eigenvalue weighted by molar-refractivity contribution is -0.119. The van der Waals surface area contributed by atoms with E-state index in [1.807, 2.05) is 17.5 Å². The van der Waals surface area contributed by atoms with Crippen LogP contribution in [0.2, 0.25) is 10.0 Å². The van der Waals surface area contributed by atoms with Crippen molar-refractivity contribution in [2.75, 3.05) is 17.1 Å². The summed E-state index contributed by atoms with van der Waals surface area (Å²) < 4.78 is 24.9. The molecule has 0 saturated carbocycles. The van der Waals surface area contributed by atoms with Crippen LogP contribution >= 0.6 is 34.5 Å². The van der Waals surface area contributed by atoms with Crippen LogP contribution in [0.5, 0.6) is 0 Å². The predicted molar refractivity (Wildman–Crippen MR) is 98.7 cm³/mol. The van der Waals surface area contributed by atoms with Crippen molar-refractivity contribution in [3.63, 3.8) is 0 Å². The number of nitrogens with zero attached hydrogens (tertiary/aromatic N) is 2. The fraction of sp³-hybridized carbons (Fsp3) is 0.143.